The van der Waals surface area contributed by atoms with E-state index in [-0.39, 0.29) is 6.09 Å². The summed E-state index contributed by atoms with van der Waals surface area (Å²) >= 11 is 1.62. The number of para-hydroxylation sites is 2. The van der Waals surface area contributed by atoms with Gasteiger partial charge in [-0.1, -0.05) is 38.1 Å². The zero-order valence-corrected chi connectivity index (χ0v) is 19.5. The van der Waals surface area contributed by atoms with Crippen LogP contribution in [0.5, 0.6) is 0 Å². The molecule has 0 aromatic heterocycles. The smallest absolute Gasteiger partial charge is 0.410 e. The zero-order valence-electron chi connectivity index (χ0n) is 18.6. The molecule has 0 bridgehead atoms. The molecule has 30 heavy (non-hydrogen) atoms. The summed E-state index contributed by atoms with van der Waals surface area (Å²) in [4.78, 5) is 17.6. The van der Waals surface area contributed by atoms with Crippen molar-refractivity contribution in [3.63, 3.8) is 0 Å². The molecule has 1 aliphatic heterocycles. The van der Waals surface area contributed by atoms with Crippen molar-refractivity contribution in [3.05, 3.63) is 54.1 Å². The van der Waals surface area contributed by atoms with Gasteiger partial charge < -0.3 is 19.3 Å². The Balaban J connectivity index is 1.60. The third kappa shape index (κ3) is 6.08. The van der Waals surface area contributed by atoms with Crippen molar-refractivity contribution in [2.75, 3.05) is 35.8 Å². The molecule has 0 unspecified atom stereocenters. The highest BCUT2D eigenvalue weighted by Crippen LogP contribution is 2.31. The van der Waals surface area contributed by atoms with E-state index in [0.717, 1.165) is 24.5 Å². The van der Waals surface area contributed by atoms with E-state index >= 15 is 0 Å². The second-order valence-electron chi connectivity index (χ2n) is 8.90. The van der Waals surface area contributed by atoms with Gasteiger partial charge in [0.05, 0.1) is 11.4 Å². The van der Waals surface area contributed by atoms with Crippen molar-refractivity contribution in [3.8, 4) is 0 Å². The maximum Gasteiger partial charge on any atom is 0.410 e. The molecule has 162 valence electrons. The van der Waals surface area contributed by atoms with Crippen molar-refractivity contribution in [1.29, 1.82) is 0 Å². The molecule has 0 spiro atoms. The average Bonchev–Trinajstić information content (AvgIpc) is 2.71. The fraction of sp³-hybridized carbons (Fsp3) is 0.458. The van der Waals surface area contributed by atoms with Gasteiger partial charge in [0, 0.05) is 31.1 Å². The van der Waals surface area contributed by atoms with Crippen molar-refractivity contribution in [2.24, 2.45) is 0 Å². The maximum absolute atomic E-state index is 12.3. The number of nitrogens with zero attached hydrogens (tertiary/aromatic N) is 2. The first-order valence-electron chi connectivity index (χ1n) is 10.6. The van der Waals surface area contributed by atoms with Gasteiger partial charge >= 0.3 is 6.09 Å². The molecule has 1 heterocycles. The molecule has 2 aromatic rings. The number of piperazine rings is 1. The number of rotatable bonds is 5. The average molecular weight is 428 g/mol. The topological polar surface area (TPSA) is 44.8 Å². The number of anilines is 2. The first-order chi connectivity index (χ1) is 14.2. The minimum absolute atomic E-state index is 0.228. The lowest BCUT2D eigenvalue weighted by Gasteiger charge is -2.37. The lowest BCUT2D eigenvalue weighted by Crippen LogP contribution is -2.50. The summed E-state index contributed by atoms with van der Waals surface area (Å²) in [5.74, 6) is 0.539. The summed E-state index contributed by atoms with van der Waals surface area (Å²) in [6.45, 7) is 13.0. The van der Waals surface area contributed by atoms with Gasteiger partial charge in [-0.15, -0.1) is 0 Å². The Morgan fingerprint density at radius 3 is 2.23 bits per heavy atom. The van der Waals surface area contributed by atoms with E-state index in [0.29, 0.717) is 19.0 Å². The minimum Gasteiger partial charge on any atom is -0.444 e. The highest BCUT2D eigenvalue weighted by Gasteiger charge is 2.26. The SMILES string of the molecule is CC(C)c1ccc(SNc2ccccc2N2CCN(C(=O)OC(C)(C)C)CC2)cc1. The first-order valence-corrected chi connectivity index (χ1v) is 11.4. The lowest BCUT2D eigenvalue weighted by molar-refractivity contribution is 0.0240. The van der Waals surface area contributed by atoms with Gasteiger partial charge in [-0.05, 0) is 68.5 Å². The first kappa shape index (κ1) is 22.3. The van der Waals surface area contributed by atoms with Crippen LogP contribution in [0.25, 0.3) is 0 Å². The van der Waals surface area contributed by atoms with Crippen molar-refractivity contribution >= 4 is 29.4 Å². The highest BCUT2D eigenvalue weighted by molar-refractivity contribution is 8.00. The van der Waals surface area contributed by atoms with Crippen LogP contribution >= 0.6 is 11.9 Å². The molecule has 0 saturated carbocycles. The van der Waals surface area contributed by atoms with Gasteiger partial charge in [0.15, 0.2) is 0 Å². The number of ether oxygens (including phenoxy) is 1. The van der Waals surface area contributed by atoms with E-state index in [1.807, 2.05) is 26.8 Å². The summed E-state index contributed by atoms with van der Waals surface area (Å²) in [6.07, 6.45) is -0.228. The van der Waals surface area contributed by atoms with E-state index in [1.165, 1.54) is 10.5 Å². The van der Waals surface area contributed by atoms with Crippen LogP contribution in [0.3, 0.4) is 0 Å². The Kier molecular flexibility index (Phi) is 7.19. The van der Waals surface area contributed by atoms with E-state index < -0.39 is 5.60 Å². The van der Waals surface area contributed by atoms with Gasteiger partial charge in [-0.2, -0.15) is 0 Å². The van der Waals surface area contributed by atoms with Gasteiger partial charge in [0.2, 0.25) is 0 Å². The van der Waals surface area contributed by atoms with Crippen molar-refractivity contribution in [1.82, 2.24) is 4.90 Å². The number of amides is 1. The van der Waals surface area contributed by atoms with E-state index in [4.69, 9.17) is 4.74 Å². The van der Waals surface area contributed by atoms with E-state index in [9.17, 15) is 4.79 Å². The molecule has 3 rings (SSSR count). The van der Waals surface area contributed by atoms with Gasteiger partial charge in [0.25, 0.3) is 0 Å². The number of hydrogen-bond donors (Lipinski definition) is 1. The van der Waals surface area contributed by atoms with Gasteiger partial charge in [-0.25, -0.2) is 4.79 Å². The fourth-order valence-corrected chi connectivity index (χ4v) is 4.00. The molecule has 6 heteroatoms. The maximum atomic E-state index is 12.3. The molecule has 0 atom stereocenters. The second-order valence-corrected chi connectivity index (χ2v) is 9.78. The second kappa shape index (κ2) is 9.65. The Morgan fingerprint density at radius 2 is 1.63 bits per heavy atom. The monoisotopic (exact) mass is 427 g/mol. The van der Waals surface area contributed by atoms with E-state index in [1.54, 1.807) is 16.8 Å². The summed E-state index contributed by atoms with van der Waals surface area (Å²) < 4.78 is 9.02. The van der Waals surface area contributed by atoms with Crippen LogP contribution in [0.4, 0.5) is 16.2 Å². The number of carbonyl (C=O) groups is 1. The summed E-state index contributed by atoms with van der Waals surface area (Å²) in [5.41, 5.74) is 3.13. The fourth-order valence-electron chi connectivity index (χ4n) is 3.33. The molecule has 1 amide bonds. The quantitative estimate of drug-likeness (QED) is 0.594. The predicted molar refractivity (Wildman–Crippen MR) is 126 cm³/mol. The Labute approximate surface area is 184 Å². The summed E-state index contributed by atoms with van der Waals surface area (Å²) in [5, 5.41) is 0. The highest BCUT2D eigenvalue weighted by atomic mass is 32.2. The molecule has 0 radical (unpaired) electrons. The summed E-state index contributed by atoms with van der Waals surface area (Å²) in [6, 6.07) is 17.0. The number of nitrogens with one attached hydrogen (secondary N) is 1. The molecule has 1 N–H and O–H groups in total. The van der Waals surface area contributed by atoms with Crippen LogP contribution < -0.4 is 9.62 Å². The van der Waals surface area contributed by atoms with Crippen LogP contribution in [0.1, 0.15) is 46.1 Å². The van der Waals surface area contributed by atoms with Crippen LogP contribution in [-0.4, -0.2) is 42.8 Å². The molecule has 1 fully saturated rings. The van der Waals surface area contributed by atoms with Gasteiger partial charge in [-0.3, -0.25) is 0 Å². The largest absolute Gasteiger partial charge is 0.444 e. The summed E-state index contributed by atoms with van der Waals surface area (Å²) in [7, 11) is 0. The third-order valence-electron chi connectivity index (χ3n) is 5.00. The zero-order chi connectivity index (χ0) is 21.7. The molecular weight excluding hydrogens is 394 g/mol. The Bertz CT molecular complexity index is 838. The Morgan fingerprint density at radius 1 is 1.00 bits per heavy atom. The predicted octanol–water partition coefficient (Wildman–Crippen LogP) is 5.99. The molecule has 1 saturated heterocycles. The number of carbonyl (C=O) groups excluding carboxylic acids is 1. The number of benzene rings is 2. The molecule has 1 aliphatic rings. The number of hydrogen-bond acceptors (Lipinski definition) is 5. The van der Waals surface area contributed by atoms with Gasteiger partial charge in [0.1, 0.15) is 5.60 Å². The van der Waals surface area contributed by atoms with Crippen LogP contribution in [0, 0.1) is 0 Å². The van der Waals surface area contributed by atoms with E-state index in [2.05, 4.69) is 65.9 Å². The molecular formula is C24H33N3O2S. The van der Waals surface area contributed by atoms with Crippen LogP contribution in [0.15, 0.2) is 53.4 Å². The molecule has 0 aliphatic carbocycles. The van der Waals surface area contributed by atoms with Crippen molar-refractivity contribution in [2.45, 2.75) is 51.0 Å². The van der Waals surface area contributed by atoms with Crippen LogP contribution in [0.2, 0.25) is 0 Å². The minimum atomic E-state index is -0.463. The third-order valence-corrected chi connectivity index (χ3v) is 5.83. The lowest BCUT2D eigenvalue weighted by atomic mass is 10.0. The standard InChI is InChI=1S/C24H33N3O2S/c1-18(2)19-10-12-20(13-11-19)30-25-21-8-6-7-9-22(21)26-14-16-27(17-15-26)23(28)29-24(3,4)5/h6-13,18,25H,14-17H2,1-5H3. The normalized spacial score (nSPS) is 14.7. The molecule has 2 aromatic carbocycles. The van der Waals surface area contributed by atoms with Crippen molar-refractivity contribution < 1.29 is 9.53 Å². The Hall–Kier alpha value is -2.34. The van der Waals surface area contributed by atoms with Crippen LogP contribution in [-0.2, 0) is 4.74 Å². The molecule has 5 nitrogen and oxygen atoms in total.